The number of aldehydes is 1. The van der Waals surface area contributed by atoms with Gasteiger partial charge in [0.25, 0.3) is 0 Å². The van der Waals surface area contributed by atoms with E-state index < -0.39 is 11.4 Å². The van der Waals surface area contributed by atoms with Gasteiger partial charge in [-0.25, -0.2) is 4.39 Å². The molecule has 24 heavy (non-hydrogen) atoms. The highest BCUT2D eigenvalue weighted by atomic mass is 19.1. The van der Waals surface area contributed by atoms with Gasteiger partial charge in [0.2, 0.25) is 0 Å². The lowest BCUT2D eigenvalue weighted by atomic mass is 9.84. The van der Waals surface area contributed by atoms with Crippen molar-refractivity contribution in [2.75, 3.05) is 0 Å². The Morgan fingerprint density at radius 1 is 0.917 bits per heavy atom. The van der Waals surface area contributed by atoms with Crippen LogP contribution in [0.25, 0.3) is 11.1 Å². The largest absolute Gasteiger partial charge is 0.508 e. The van der Waals surface area contributed by atoms with Crippen LogP contribution in [0, 0.1) is 5.82 Å². The van der Waals surface area contributed by atoms with Gasteiger partial charge in [-0.05, 0) is 47.0 Å². The molecule has 0 saturated heterocycles. The number of hydrogen-bond donors (Lipinski definition) is 2. The number of phenols is 1. The summed E-state index contributed by atoms with van der Waals surface area (Å²) in [6, 6.07) is 15.4. The van der Waals surface area contributed by atoms with Crippen LogP contribution in [0.3, 0.4) is 0 Å². The molecular formula is C20H13FO3. The second-order valence-corrected chi connectivity index (χ2v) is 5.87. The zero-order chi connectivity index (χ0) is 16.9. The molecule has 1 unspecified atom stereocenters. The molecule has 3 aromatic rings. The highest BCUT2D eigenvalue weighted by molar-refractivity contribution is 5.86. The van der Waals surface area contributed by atoms with Gasteiger partial charge >= 0.3 is 0 Å². The van der Waals surface area contributed by atoms with Crippen molar-refractivity contribution >= 4 is 6.29 Å². The van der Waals surface area contributed by atoms with Gasteiger partial charge in [0.1, 0.15) is 23.5 Å². The van der Waals surface area contributed by atoms with Crippen molar-refractivity contribution in [3.05, 3.63) is 88.7 Å². The Morgan fingerprint density at radius 3 is 2.33 bits per heavy atom. The fourth-order valence-electron chi connectivity index (χ4n) is 3.41. The fraction of sp³-hybridized carbons (Fsp3) is 0.0500. The number of carbonyl (C=O) groups excluding carboxylic acids is 1. The molecule has 0 saturated carbocycles. The first-order chi connectivity index (χ1) is 11.5. The summed E-state index contributed by atoms with van der Waals surface area (Å²) < 4.78 is 13.8. The van der Waals surface area contributed by atoms with E-state index in [1.54, 1.807) is 30.3 Å². The molecule has 1 aliphatic rings. The summed E-state index contributed by atoms with van der Waals surface area (Å²) in [5, 5.41) is 21.4. The minimum atomic E-state index is -1.63. The molecule has 0 bridgehead atoms. The minimum Gasteiger partial charge on any atom is -0.508 e. The molecule has 118 valence electrons. The Bertz CT molecular complexity index is 980. The SMILES string of the molecule is O=Cc1ccc2c(c1)C(O)(c1cccc(F)c1)c1cc(O)ccc1-2. The Kier molecular flexibility index (Phi) is 3.05. The first kappa shape index (κ1) is 14.6. The molecule has 4 rings (SSSR count). The zero-order valence-electron chi connectivity index (χ0n) is 12.5. The number of hydrogen-bond acceptors (Lipinski definition) is 3. The van der Waals surface area contributed by atoms with E-state index >= 15 is 0 Å². The van der Waals surface area contributed by atoms with Gasteiger partial charge in [-0.3, -0.25) is 4.79 Å². The van der Waals surface area contributed by atoms with Gasteiger partial charge in [0, 0.05) is 16.7 Å². The maximum Gasteiger partial charge on any atom is 0.150 e. The minimum absolute atomic E-state index is 0.00648. The summed E-state index contributed by atoms with van der Waals surface area (Å²) in [5.74, 6) is -0.463. The summed E-state index contributed by atoms with van der Waals surface area (Å²) in [6.07, 6.45) is 0.701. The molecule has 4 heteroatoms. The van der Waals surface area contributed by atoms with Gasteiger partial charge in [-0.1, -0.05) is 30.3 Å². The summed E-state index contributed by atoms with van der Waals surface area (Å²) in [5.41, 5.74) is 1.58. The van der Waals surface area contributed by atoms with Crippen molar-refractivity contribution in [3.8, 4) is 16.9 Å². The third-order valence-electron chi connectivity index (χ3n) is 4.50. The molecule has 1 aliphatic carbocycles. The number of fused-ring (bicyclic) bond motifs is 3. The van der Waals surface area contributed by atoms with Gasteiger partial charge < -0.3 is 10.2 Å². The number of phenolic OH excluding ortho intramolecular Hbond substituents is 1. The van der Waals surface area contributed by atoms with E-state index in [-0.39, 0.29) is 5.75 Å². The highest BCUT2D eigenvalue weighted by Gasteiger charge is 2.43. The predicted octanol–water partition coefficient (Wildman–Crippen LogP) is 3.61. The highest BCUT2D eigenvalue weighted by Crippen LogP contribution is 2.51. The number of aliphatic hydroxyl groups is 1. The maximum atomic E-state index is 13.8. The molecule has 1 atom stereocenters. The first-order valence-electron chi connectivity index (χ1n) is 7.46. The standard InChI is InChI=1S/C20H13FO3/c21-14-3-1-2-13(9-14)20(24)18-8-12(11-22)4-6-16(18)17-7-5-15(23)10-19(17)20/h1-11,23-24H. The predicted molar refractivity (Wildman–Crippen MR) is 87.4 cm³/mol. The maximum absolute atomic E-state index is 13.8. The van der Waals surface area contributed by atoms with E-state index in [0.717, 1.165) is 11.1 Å². The van der Waals surface area contributed by atoms with Crippen LogP contribution in [-0.4, -0.2) is 16.5 Å². The molecule has 3 aromatic carbocycles. The van der Waals surface area contributed by atoms with E-state index in [4.69, 9.17) is 0 Å². The Morgan fingerprint density at radius 2 is 1.62 bits per heavy atom. The average molecular weight is 320 g/mol. The van der Waals surface area contributed by atoms with Crippen LogP contribution in [0.4, 0.5) is 4.39 Å². The first-order valence-corrected chi connectivity index (χ1v) is 7.46. The van der Waals surface area contributed by atoms with Crippen LogP contribution in [0.2, 0.25) is 0 Å². The fourth-order valence-corrected chi connectivity index (χ4v) is 3.41. The van der Waals surface area contributed by atoms with Crippen LogP contribution in [-0.2, 0) is 5.60 Å². The summed E-state index contributed by atoms with van der Waals surface area (Å²) in [7, 11) is 0. The van der Waals surface area contributed by atoms with Crippen LogP contribution < -0.4 is 0 Å². The monoisotopic (exact) mass is 320 g/mol. The van der Waals surface area contributed by atoms with Crippen molar-refractivity contribution in [2.24, 2.45) is 0 Å². The third kappa shape index (κ3) is 1.90. The van der Waals surface area contributed by atoms with Crippen LogP contribution in [0.1, 0.15) is 27.0 Å². The number of benzene rings is 3. The van der Waals surface area contributed by atoms with Crippen molar-refractivity contribution in [2.45, 2.75) is 5.60 Å². The van der Waals surface area contributed by atoms with E-state index in [0.29, 0.717) is 28.5 Å². The van der Waals surface area contributed by atoms with Gasteiger partial charge in [0.15, 0.2) is 0 Å². The molecule has 0 radical (unpaired) electrons. The molecular weight excluding hydrogens is 307 g/mol. The average Bonchev–Trinajstić information content (AvgIpc) is 2.84. The smallest absolute Gasteiger partial charge is 0.150 e. The van der Waals surface area contributed by atoms with E-state index in [9.17, 15) is 19.4 Å². The van der Waals surface area contributed by atoms with E-state index in [2.05, 4.69) is 0 Å². The molecule has 0 fully saturated rings. The molecule has 0 aliphatic heterocycles. The topological polar surface area (TPSA) is 57.5 Å². The lowest BCUT2D eigenvalue weighted by molar-refractivity contribution is 0.112. The lowest BCUT2D eigenvalue weighted by Crippen LogP contribution is -2.26. The van der Waals surface area contributed by atoms with Crippen LogP contribution in [0.15, 0.2) is 60.7 Å². The Hall–Kier alpha value is -2.98. The molecule has 0 heterocycles. The van der Waals surface area contributed by atoms with Crippen molar-refractivity contribution in [3.63, 3.8) is 0 Å². The molecule has 0 spiro atoms. The van der Waals surface area contributed by atoms with Gasteiger partial charge in [-0.2, -0.15) is 0 Å². The number of rotatable bonds is 2. The molecule has 0 aromatic heterocycles. The molecule has 0 amide bonds. The molecule has 3 nitrogen and oxygen atoms in total. The van der Waals surface area contributed by atoms with Crippen LogP contribution in [0.5, 0.6) is 5.75 Å². The lowest BCUT2D eigenvalue weighted by Gasteiger charge is -2.26. The Balaban J connectivity index is 2.10. The van der Waals surface area contributed by atoms with E-state index in [1.165, 1.54) is 30.3 Å². The molecule has 2 N–H and O–H groups in total. The van der Waals surface area contributed by atoms with Crippen LogP contribution >= 0.6 is 0 Å². The number of aromatic hydroxyl groups is 1. The Labute approximate surface area is 137 Å². The van der Waals surface area contributed by atoms with Gasteiger partial charge in [0.05, 0.1) is 0 Å². The summed E-state index contributed by atoms with van der Waals surface area (Å²) in [4.78, 5) is 11.2. The van der Waals surface area contributed by atoms with Crippen molar-refractivity contribution in [1.82, 2.24) is 0 Å². The number of halogens is 1. The van der Waals surface area contributed by atoms with Crippen molar-refractivity contribution < 1.29 is 19.4 Å². The quantitative estimate of drug-likeness (QED) is 0.709. The van der Waals surface area contributed by atoms with Crippen molar-refractivity contribution in [1.29, 1.82) is 0 Å². The second-order valence-electron chi connectivity index (χ2n) is 5.87. The zero-order valence-corrected chi connectivity index (χ0v) is 12.5. The third-order valence-corrected chi connectivity index (χ3v) is 4.50. The normalized spacial score (nSPS) is 18.1. The summed E-state index contributed by atoms with van der Waals surface area (Å²) >= 11 is 0. The number of carbonyl (C=O) groups is 1. The second kappa shape index (κ2) is 5.01. The van der Waals surface area contributed by atoms with Gasteiger partial charge in [-0.15, -0.1) is 0 Å². The van der Waals surface area contributed by atoms with E-state index in [1.807, 2.05) is 0 Å². The summed E-state index contributed by atoms with van der Waals surface area (Å²) in [6.45, 7) is 0.